The van der Waals surface area contributed by atoms with Gasteiger partial charge in [-0.2, -0.15) is 5.10 Å². The Morgan fingerprint density at radius 2 is 2.00 bits per heavy atom. The van der Waals surface area contributed by atoms with E-state index in [1.807, 2.05) is 34.7 Å². The third-order valence-corrected chi connectivity index (χ3v) is 8.47. The van der Waals surface area contributed by atoms with Gasteiger partial charge < -0.3 is 15.5 Å². The Morgan fingerprint density at radius 3 is 2.73 bits per heavy atom. The van der Waals surface area contributed by atoms with Gasteiger partial charge in [0.05, 0.1) is 28.0 Å². The third-order valence-electron chi connectivity index (χ3n) is 7.58. The largest absolute Gasteiger partial charge is 0.357 e. The van der Waals surface area contributed by atoms with Crippen molar-refractivity contribution in [2.75, 3.05) is 38.1 Å². The van der Waals surface area contributed by atoms with E-state index in [-0.39, 0.29) is 23.9 Å². The summed E-state index contributed by atoms with van der Waals surface area (Å²) in [5, 5.41) is 12.4. The lowest BCUT2D eigenvalue weighted by molar-refractivity contribution is -0.121. The maximum absolute atomic E-state index is 13.5. The van der Waals surface area contributed by atoms with Crippen LogP contribution in [-0.2, 0) is 4.79 Å². The number of hydrogen-bond acceptors (Lipinski definition) is 8. The molecule has 0 radical (unpaired) electrons. The molecular formula is C29H36N8O2S. The predicted octanol–water partition coefficient (Wildman–Crippen LogP) is 3.69. The number of amides is 2. The molecule has 1 fully saturated rings. The molecule has 1 aliphatic rings. The highest BCUT2D eigenvalue weighted by Gasteiger charge is 2.32. The van der Waals surface area contributed by atoms with Gasteiger partial charge in [0.25, 0.3) is 5.91 Å². The smallest absolute Gasteiger partial charge is 0.251 e. The first kappa shape index (κ1) is 27.7. The number of hydrogen-bond donors (Lipinski definition) is 2. The fourth-order valence-electron chi connectivity index (χ4n) is 5.34. The van der Waals surface area contributed by atoms with Gasteiger partial charge in [0.1, 0.15) is 11.9 Å². The lowest BCUT2D eigenvalue weighted by Gasteiger charge is -2.27. The number of rotatable bonds is 10. The third kappa shape index (κ3) is 5.57. The Balaban J connectivity index is 1.55. The molecule has 1 saturated heterocycles. The number of likely N-dealkylation sites (N-methyl/N-ethyl adjacent to an activating group) is 2. The van der Waals surface area contributed by atoms with Gasteiger partial charge in [0.15, 0.2) is 5.65 Å². The number of thiophene rings is 1. The number of nitrogens with zero attached hydrogens (tertiary/aromatic N) is 6. The number of carbonyl (C=O) groups is 2. The zero-order valence-corrected chi connectivity index (χ0v) is 24.2. The van der Waals surface area contributed by atoms with Gasteiger partial charge in [-0.25, -0.2) is 14.5 Å². The summed E-state index contributed by atoms with van der Waals surface area (Å²) in [6, 6.07) is 9.43. The number of nitrogens with one attached hydrogen (secondary N) is 2. The van der Waals surface area contributed by atoms with E-state index in [1.54, 1.807) is 41.2 Å². The maximum Gasteiger partial charge on any atom is 0.251 e. The standard InChI is InChI=1S/C29H36N8O2S/c1-5-35(6-2)19(3)17-31-28(38)20-15-23(33-26(16-20)36-12-7-9-24(36)29(39)30-4)21-18-32-37-13-11-22(34-27(21)37)25-10-8-14-40-25/h8,10-11,13-16,18-19,24H,5-7,9,12,17H2,1-4H3,(H,30,39)(H,31,38)/t19-,24-/m0/s1. The van der Waals surface area contributed by atoms with Crippen molar-refractivity contribution in [1.82, 2.24) is 35.1 Å². The molecule has 0 aliphatic carbocycles. The molecule has 5 rings (SSSR count). The minimum Gasteiger partial charge on any atom is -0.357 e. The first-order chi connectivity index (χ1) is 19.4. The van der Waals surface area contributed by atoms with E-state index in [0.717, 1.165) is 42.1 Å². The highest BCUT2D eigenvalue weighted by atomic mass is 32.1. The fourth-order valence-corrected chi connectivity index (χ4v) is 6.04. The molecular weight excluding hydrogens is 524 g/mol. The Kier molecular flexibility index (Phi) is 8.41. The minimum absolute atomic E-state index is 0.0537. The van der Waals surface area contributed by atoms with Crippen LogP contribution in [0.1, 0.15) is 44.0 Å². The van der Waals surface area contributed by atoms with Crippen LogP contribution in [0.25, 0.3) is 27.5 Å². The van der Waals surface area contributed by atoms with Crippen LogP contribution < -0.4 is 15.5 Å². The molecule has 4 aromatic rings. The van der Waals surface area contributed by atoms with Crippen molar-refractivity contribution in [2.45, 2.75) is 45.7 Å². The van der Waals surface area contributed by atoms with E-state index < -0.39 is 0 Å². The first-order valence-corrected chi connectivity index (χ1v) is 14.7. The Labute approximate surface area is 238 Å². The monoisotopic (exact) mass is 560 g/mol. The molecule has 40 heavy (non-hydrogen) atoms. The Hall–Kier alpha value is -3.83. The molecule has 2 atom stereocenters. The molecule has 0 spiro atoms. The van der Waals surface area contributed by atoms with Crippen molar-refractivity contribution < 1.29 is 9.59 Å². The van der Waals surface area contributed by atoms with Crippen LogP contribution in [0.15, 0.2) is 48.1 Å². The highest BCUT2D eigenvalue weighted by molar-refractivity contribution is 7.13. The molecule has 0 unspecified atom stereocenters. The van der Waals surface area contributed by atoms with Crippen molar-refractivity contribution in [3.63, 3.8) is 0 Å². The van der Waals surface area contributed by atoms with E-state index in [9.17, 15) is 9.59 Å². The van der Waals surface area contributed by atoms with E-state index in [2.05, 4.69) is 41.4 Å². The molecule has 0 aromatic carbocycles. The Morgan fingerprint density at radius 1 is 1.18 bits per heavy atom. The molecule has 11 heteroatoms. The number of fused-ring (bicyclic) bond motifs is 1. The van der Waals surface area contributed by atoms with Crippen molar-refractivity contribution in [3.8, 4) is 21.8 Å². The van der Waals surface area contributed by atoms with Gasteiger partial charge in [-0.05, 0) is 62.5 Å². The molecule has 4 aromatic heterocycles. The summed E-state index contributed by atoms with van der Waals surface area (Å²) in [6.45, 7) is 9.41. The van der Waals surface area contributed by atoms with Gasteiger partial charge in [0, 0.05) is 37.9 Å². The van der Waals surface area contributed by atoms with Crippen LogP contribution in [0.5, 0.6) is 0 Å². The van der Waals surface area contributed by atoms with Crippen LogP contribution in [0, 0.1) is 0 Å². The molecule has 5 heterocycles. The normalized spacial score (nSPS) is 16.0. The average Bonchev–Trinajstić information content (AvgIpc) is 3.76. The molecule has 0 bridgehead atoms. The fraction of sp³-hybridized carbons (Fsp3) is 0.414. The summed E-state index contributed by atoms with van der Waals surface area (Å²) in [6.07, 6.45) is 5.22. The Bertz CT molecular complexity index is 1480. The maximum atomic E-state index is 13.5. The van der Waals surface area contributed by atoms with Gasteiger partial charge in [-0.15, -0.1) is 11.3 Å². The van der Waals surface area contributed by atoms with Crippen molar-refractivity contribution in [1.29, 1.82) is 0 Å². The second-order valence-corrected chi connectivity index (χ2v) is 10.9. The topological polar surface area (TPSA) is 108 Å². The van der Waals surface area contributed by atoms with Crippen LogP contribution in [-0.4, -0.2) is 81.6 Å². The number of carbonyl (C=O) groups excluding carboxylic acids is 2. The van der Waals surface area contributed by atoms with E-state index in [0.29, 0.717) is 35.8 Å². The summed E-state index contributed by atoms with van der Waals surface area (Å²) in [7, 11) is 1.65. The van der Waals surface area contributed by atoms with E-state index in [1.165, 1.54) is 0 Å². The summed E-state index contributed by atoms with van der Waals surface area (Å²) >= 11 is 1.62. The minimum atomic E-state index is -0.334. The highest BCUT2D eigenvalue weighted by Crippen LogP contribution is 2.31. The molecule has 1 aliphatic heterocycles. The van der Waals surface area contributed by atoms with Crippen LogP contribution in [0.3, 0.4) is 0 Å². The summed E-state index contributed by atoms with van der Waals surface area (Å²) in [5.41, 5.74) is 3.31. The molecule has 2 N–H and O–H groups in total. The summed E-state index contributed by atoms with van der Waals surface area (Å²) in [5.74, 6) is 0.365. The van der Waals surface area contributed by atoms with Crippen LogP contribution in [0.2, 0.25) is 0 Å². The summed E-state index contributed by atoms with van der Waals surface area (Å²) in [4.78, 5) is 41.4. The van der Waals surface area contributed by atoms with Crippen LogP contribution >= 0.6 is 11.3 Å². The molecule has 210 valence electrons. The second-order valence-electron chi connectivity index (χ2n) is 9.96. The van der Waals surface area contributed by atoms with E-state index >= 15 is 0 Å². The van der Waals surface area contributed by atoms with Crippen LogP contribution in [0.4, 0.5) is 5.82 Å². The number of anilines is 1. The quantitative estimate of drug-likeness (QED) is 0.305. The van der Waals surface area contributed by atoms with Gasteiger partial charge >= 0.3 is 0 Å². The van der Waals surface area contributed by atoms with Gasteiger partial charge in [-0.1, -0.05) is 19.9 Å². The zero-order chi connectivity index (χ0) is 28.2. The SMILES string of the molecule is CCN(CC)[C@@H](C)CNC(=O)c1cc(-c2cnn3ccc(-c4cccs4)nc23)nc(N2CCC[C@H]2C(=O)NC)c1. The lowest BCUT2D eigenvalue weighted by Crippen LogP contribution is -2.43. The van der Waals surface area contributed by atoms with Crippen molar-refractivity contribution in [3.05, 3.63) is 53.7 Å². The predicted molar refractivity (Wildman–Crippen MR) is 159 cm³/mol. The van der Waals surface area contributed by atoms with E-state index in [4.69, 9.17) is 9.97 Å². The molecule has 10 nitrogen and oxygen atoms in total. The number of pyridine rings is 1. The number of aromatic nitrogens is 4. The second kappa shape index (κ2) is 12.1. The zero-order valence-electron chi connectivity index (χ0n) is 23.4. The lowest BCUT2D eigenvalue weighted by atomic mass is 10.1. The van der Waals surface area contributed by atoms with Gasteiger partial charge in [0.2, 0.25) is 5.91 Å². The molecule has 2 amide bonds. The first-order valence-electron chi connectivity index (χ1n) is 13.8. The molecule has 0 saturated carbocycles. The van der Waals surface area contributed by atoms with Crippen molar-refractivity contribution in [2.24, 2.45) is 0 Å². The van der Waals surface area contributed by atoms with Gasteiger partial charge in [-0.3, -0.25) is 14.5 Å². The average molecular weight is 561 g/mol. The van der Waals surface area contributed by atoms with Crippen molar-refractivity contribution >= 4 is 34.6 Å². The summed E-state index contributed by atoms with van der Waals surface area (Å²) < 4.78 is 1.72.